The topological polar surface area (TPSA) is 55.8 Å². The lowest BCUT2D eigenvalue weighted by Gasteiger charge is -2.37. The van der Waals surface area contributed by atoms with Gasteiger partial charge < -0.3 is 9.47 Å². The van der Waals surface area contributed by atoms with E-state index in [1.165, 1.54) is 0 Å². The molecule has 1 aliphatic heterocycles. The maximum Gasteiger partial charge on any atom is 0.338 e. The summed E-state index contributed by atoms with van der Waals surface area (Å²) in [4.78, 5) is 28.4. The molecule has 4 rings (SSSR count). The second-order valence-corrected chi connectivity index (χ2v) is 7.84. The molecule has 0 radical (unpaired) electrons. The van der Waals surface area contributed by atoms with Crippen molar-refractivity contribution in [3.05, 3.63) is 90.0 Å². The first-order valence-electron chi connectivity index (χ1n) is 9.57. The molecular formula is C24H21NO4S. The van der Waals surface area contributed by atoms with Crippen LogP contribution in [0.2, 0.25) is 0 Å². The quantitative estimate of drug-likeness (QED) is 0.560. The first kappa shape index (κ1) is 20.0. The molecule has 0 aliphatic carbocycles. The maximum absolute atomic E-state index is 13.2. The minimum Gasteiger partial charge on any atom is -0.497 e. The van der Waals surface area contributed by atoms with Gasteiger partial charge in [-0.15, -0.1) is 11.8 Å². The standard InChI is InChI=1S/C24H21NO4S/c1-28-19-13-11-18(12-14-19)24(27)29-15-23(26)25-20-9-5-6-10-22(20)30-16-21(25)17-7-3-2-4-8-17/h2-14,21H,15-16H2,1H3/t21-/m0/s1. The molecule has 1 atom stereocenters. The van der Waals surface area contributed by atoms with Gasteiger partial charge in [0.05, 0.1) is 24.4 Å². The number of ether oxygens (including phenoxy) is 2. The van der Waals surface area contributed by atoms with Crippen molar-refractivity contribution in [1.29, 1.82) is 0 Å². The molecule has 1 amide bonds. The summed E-state index contributed by atoms with van der Waals surface area (Å²) in [7, 11) is 1.56. The second kappa shape index (κ2) is 9.05. The number of hydrogen-bond donors (Lipinski definition) is 0. The Kier molecular flexibility index (Phi) is 6.05. The summed E-state index contributed by atoms with van der Waals surface area (Å²) >= 11 is 1.72. The minimum atomic E-state index is -0.540. The van der Waals surface area contributed by atoms with Crippen LogP contribution in [0, 0.1) is 0 Å². The van der Waals surface area contributed by atoms with E-state index in [4.69, 9.17) is 9.47 Å². The summed E-state index contributed by atoms with van der Waals surface area (Å²) in [6.07, 6.45) is 0. The van der Waals surface area contributed by atoms with Crippen LogP contribution in [-0.2, 0) is 9.53 Å². The van der Waals surface area contributed by atoms with Gasteiger partial charge in [-0.05, 0) is 42.0 Å². The average Bonchev–Trinajstić information content (AvgIpc) is 2.82. The van der Waals surface area contributed by atoms with Crippen molar-refractivity contribution in [3.8, 4) is 5.75 Å². The van der Waals surface area contributed by atoms with Crippen molar-refractivity contribution in [1.82, 2.24) is 0 Å². The fourth-order valence-corrected chi connectivity index (χ4v) is 4.59. The van der Waals surface area contributed by atoms with Gasteiger partial charge in [-0.2, -0.15) is 0 Å². The number of para-hydroxylation sites is 1. The van der Waals surface area contributed by atoms with Gasteiger partial charge in [0, 0.05) is 10.6 Å². The molecule has 0 fully saturated rings. The highest BCUT2D eigenvalue weighted by atomic mass is 32.2. The predicted octanol–water partition coefficient (Wildman–Crippen LogP) is 4.73. The number of methoxy groups -OCH3 is 1. The van der Waals surface area contributed by atoms with E-state index in [1.54, 1.807) is 48.0 Å². The van der Waals surface area contributed by atoms with Gasteiger partial charge in [-0.25, -0.2) is 4.79 Å². The van der Waals surface area contributed by atoms with E-state index in [9.17, 15) is 9.59 Å². The zero-order valence-electron chi connectivity index (χ0n) is 16.5. The number of esters is 1. The normalized spacial score (nSPS) is 15.2. The molecule has 0 aromatic heterocycles. The number of nitrogens with zero attached hydrogens (tertiary/aromatic N) is 1. The van der Waals surface area contributed by atoms with Crippen LogP contribution in [0.25, 0.3) is 0 Å². The van der Waals surface area contributed by atoms with Crippen molar-refractivity contribution in [2.24, 2.45) is 0 Å². The number of carbonyl (C=O) groups is 2. The van der Waals surface area contributed by atoms with Crippen LogP contribution >= 0.6 is 11.8 Å². The third-order valence-electron chi connectivity index (χ3n) is 4.94. The molecule has 6 heteroatoms. The maximum atomic E-state index is 13.2. The summed E-state index contributed by atoms with van der Waals surface area (Å²) in [6.45, 7) is -0.326. The fraction of sp³-hybridized carbons (Fsp3) is 0.167. The fourth-order valence-electron chi connectivity index (χ4n) is 3.43. The second-order valence-electron chi connectivity index (χ2n) is 6.77. The number of amides is 1. The molecule has 0 bridgehead atoms. The van der Waals surface area contributed by atoms with Crippen molar-refractivity contribution in [2.45, 2.75) is 10.9 Å². The number of benzene rings is 3. The first-order valence-corrected chi connectivity index (χ1v) is 10.6. The average molecular weight is 420 g/mol. The van der Waals surface area contributed by atoms with Gasteiger partial charge in [0.25, 0.3) is 5.91 Å². The van der Waals surface area contributed by atoms with Crippen molar-refractivity contribution < 1.29 is 19.1 Å². The largest absolute Gasteiger partial charge is 0.497 e. The summed E-state index contributed by atoms with van der Waals surface area (Å²) in [5, 5.41) is 0. The predicted molar refractivity (Wildman–Crippen MR) is 117 cm³/mol. The molecule has 1 aliphatic rings. The monoisotopic (exact) mass is 419 g/mol. The number of hydrogen-bond acceptors (Lipinski definition) is 5. The molecule has 0 N–H and O–H groups in total. The molecule has 0 saturated heterocycles. The van der Waals surface area contributed by atoms with Crippen molar-refractivity contribution in [3.63, 3.8) is 0 Å². The van der Waals surface area contributed by atoms with Gasteiger partial charge in [0.1, 0.15) is 5.75 Å². The van der Waals surface area contributed by atoms with Gasteiger partial charge in [0.2, 0.25) is 0 Å². The molecule has 3 aromatic rings. The summed E-state index contributed by atoms with van der Waals surface area (Å²) in [6, 6.07) is 24.2. The zero-order chi connectivity index (χ0) is 20.9. The molecule has 5 nitrogen and oxygen atoms in total. The van der Waals surface area contributed by atoms with Crippen molar-refractivity contribution in [2.75, 3.05) is 24.4 Å². The minimum absolute atomic E-state index is 0.127. The van der Waals surface area contributed by atoms with E-state index in [0.717, 1.165) is 21.9 Å². The third-order valence-corrected chi connectivity index (χ3v) is 6.08. The Morgan fingerprint density at radius 2 is 1.67 bits per heavy atom. The van der Waals surface area contributed by atoms with Crippen LogP contribution in [0.3, 0.4) is 0 Å². The number of rotatable bonds is 5. The van der Waals surface area contributed by atoms with E-state index in [2.05, 4.69) is 0 Å². The highest BCUT2D eigenvalue weighted by Crippen LogP contribution is 2.43. The van der Waals surface area contributed by atoms with Gasteiger partial charge in [-0.3, -0.25) is 9.69 Å². The summed E-state index contributed by atoms with van der Waals surface area (Å²) in [5.41, 5.74) is 2.26. The molecule has 0 unspecified atom stereocenters. The van der Waals surface area contributed by atoms with Crippen LogP contribution in [0.5, 0.6) is 5.75 Å². The summed E-state index contributed by atoms with van der Waals surface area (Å²) < 4.78 is 10.4. The Labute approximate surface area is 179 Å². The van der Waals surface area contributed by atoms with E-state index >= 15 is 0 Å². The van der Waals surface area contributed by atoms with Gasteiger partial charge in [-0.1, -0.05) is 42.5 Å². The molecular weight excluding hydrogens is 398 g/mol. The van der Waals surface area contributed by atoms with Crippen molar-refractivity contribution >= 4 is 29.3 Å². The zero-order valence-corrected chi connectivity index (χ0v) is 17.3. The molecule has 30 heavy (non-hydrogen) atoms. The highest BCUT2D eigenvalue weighted by Gasteiger charge is 2.32. The third kappa shape index (κ3) is 4.19. The van der Waals surface area contributed by atoms with E-state index in [1.807, 2.05) is 54.6 Å². The van der Waals surface area contributed by atoms with Crippen LogP contribution in [0.1, 0.15) is 22.0 Å². The SMILES string of the molecule is COc1ccc(C(=O)OCC(=O)N2c3ccccc3SC[C@H]2c2ccccc2)cc1. The Morgan fingerprint density at radius 1 is 0.967 bits per heavy atom. The van der Waals surface area contributed by atoms with Crippen LogP contribution in [-0.4, -0.2) is 31.3 Å². The molecule has 1 heterocycles. The molecule has 3 aromatic carbocycles. The molecule has 0 spiro atoms. The lowest BCUT2D eigenvalue weighted by atomic mass is 10.1. The summed E-state index contributed by atoms with van der Waals surface area (Å²) in [5.74, 6) is 0.593. The van der Waals surface area contributed by atoms with Crippen LogP contribution in [0.15, 0.2) is 83.8 Å². The lowest BCUT2D eigenvalue weighted by Crippen LogP contribution is -2.41. The smallest absolute Gasteiger partial charge is 0.338 e. The number of fused-ring (bicyclic) bond motifs is 1. The molecule has 152 valence electrons. The number of anilines is 1. The van der Waals surface area contributed by atoms with Gasteiger partial charge in [0.15, 0.2) is 6.61 Å². The first-order chi connectivity index (χ1) is 14.7. The highest BCUT2D eigenvalue weighted by molar-refractivity contribution is 7.99. The Bertz CT molecular complexity index is 1040. The van der Waals surface area contributed by atoms with E-state index in [0.29, 0.717) is 11.3 Å². The van der Waals surface area contributed by atoms with Gasteiger partial charge >= 0.3 is 5.97 Å². The Balaban J connectivity index is 1.54. The molecule has 0 saturated carbocycles. The van der Waals surface area contributed by atoms with Crippen LogP contribution < -0.4 is 9.64 Å². The van der Waals surface area contributed by atoms with E-state index in [-0.39, 0.29) is 18.6 Å². The number of carbonyl (C=O) groups excluding carboxylic acids is 2. The lowest BCUT2D eigenvalue weighted by molar-refractivity contribution is -0.122. The van der Waals surface area contributed by atoms with E-state index < -0.39 is 5.97 Å². The van der Waals surface area contributed by atoms with Crippen LogP contribution in [0.4, 0.5) is 5.69 Å². The number of thioether (sulfide) groups is 1. The Hall–Kier alpha value is -3.25. The Morgan fingerprint density at radius 3 is 2.40 bits per heavy atom.